The molecule has 0 aromatic carbocycles. The van der Waals surface area contributed by atoms with Gasteiger partial charge in [-0.05, 0) is 12.8 Å². The Labute approximate surface area is 57.5 Å². The molecule has 0 bridgehead atoms. The van der Waals surface area contributed by atoms with Crippen molar-refractivity contribution in [3.8, 4) is 0 Å². The van der Waals surface area contributed by atoms with Crippen LogP contribution in [0.4, 0.5) is 0 Å². The summed E-state index contributed by atoms with van der Waals surface area (Å²) >= 11 is 0. The van der Waals surface area contributed by atoms with E-state index < -0.39 is 0 Å². The summed E-state index contributed by atoms with van der Waals surface area (Å²) in [4.78, 5) is 0. The molecule has 0 amide bonds. The maximum Gasteiger partial charge on any atom is 0.0708 e. The molecule has 2 radical (unpaired) electrons. The molecule has 1 aliphatic heterocycles. The Kier molecular flexibility index (Phi) is 2.85. The molecule has 1 heterocycles. The summed E-state index contributed by atoms with van der Waals surface area (Å²) in [7, 11) is 5.34. The predicted octanol–water partition coefficient (Wildman–Crippen LogP) is 1.31. The number of rotatable bonds is 1. The van der Waals surface area contributed by atoms with Crippen molar-refractivity contribution in [1.29, 1.82) is 0 Å². The lowest BCUT2D eigenvalue weighted by atomic mass is 9.99. The molecule has 0 aliphatic carbocycles. The highest BCUT2D eigenvalue weighted by Crippen LogP contribution is 2.12. The fraction of sp³-hybridized carbons (Fsp3) is 0.714. The lowest BCUT2D eigenvalue weighted by Crippen LogP contribution is -2.06. The number of hydrogen-bond acceptors (Lipinski definition) is 1. The van der Waals surface area contributed by atoms with Gasteiger partial charge in [0.25, 0.3) is 0 Å². The molecule has 1 fully saturated rings. The van der Waals surface area contributed by atoms with Crippen LogP contribution in [-0.2, 0) is 4.74 Å². The van der Waals surface area contributed by atoms with Crippen molar-refractivity contribution >= 4 is 7.85 Å². The largest absolute Gasteiger partial charge is 0.381 e. The van der Waals surface area contributed by atoms with Gasteiger partial charge >= 0.3 is 0 Å². The summed E-state index contributed by atoms with van der Waals surface area (Å²) in [5.74, 6) is 0. The van der Waals surface area contributed by atoms with Crippen LogP contribution in [0.5, 0.6) is 0 Å². The van der Waals surface area contributed by atoms with E-state index in [0.717, 1.165) is 26.1 Å². The first-order valence-corrected chi connectivity index (χ1v) is 3.39. The number of ether oxygens (including phenoxy) is 1. The molecule has 0 spiro atoms. The van der Waals surface area contributed by atoms with E-state index in [1.807, 2.05) is 0 Å². The van der Waals surface area contributed by atoms with Crippen molar-refractivity contribution in [2.45, 2.75) is 19.2 Å². The lowest BCUT2D eigenvalue weighted by molar-refractivity contribution is 0.119. The average molecular weight is 122 g/mol. The zero-order chi connectivity index (χ0) is 6.53. The van der Waals surface area contributed by atoms with E-state index in [1.54, 1.807) is 0 Å². The van der Waals surface area contributed by atoms with Gasteiger partial charge in [0.2, 0.25) is 0 Å². The summed E-state index contributed by atoms with van der Waals surface area (Å²) in [5, 5.41) is 0. The molecular weight excluding hydrogens is 111 g/mol. The van der Waals surface area contributed by atoms with Gasteiger partial charge in [0.1, 0.15) is 0 Å². The molecule has 0 aromatic rings. The molecule has 0 saturated carbocycles. The summed E-state index contributed by atoms with van der Waals surface area (Å²) < 4.78 is 5.16. The Bertz CT molecular complexity index is 101. The Morgan fingerprint density at radius 3 is 2.67 bits per heavy atom. The van der Waals surface area contributed by atoms with E-state index in [0.29, 0.717) is 6.32 Å². The van der Waals surface area contributed by atoms with Gasteiger partial charge in [0.15, 0.2) is 0 Å². The first-order valence-electron chi connectivity index (χ1n) is 3.39. The van der Waals surface area contributed by atoms with Crippen molar-refractivity contribution in [3.05, 3.63) is 11.6 Å². The summed E-state index contributed by atoms with van der Waals surface area (Å²) in [6.45, 7) is 1.76. The van der Waals surface area contributed by atoms with Crippen molar-refractivity contribution in [2.24, 2.45) is 0 Å². The van der Waals surface area contributed by atoms with Crippen molar-refractivity contribution in [1.82, 2.24) is 0 Å². The van der Waals surface area contributed by atoms with Crippen LogP contribution in [0.25, 0.3) is 0 Å². The fourth-order valence-electron chi connectivity index (χ4n) is 1.00. The predicted molar refractivity (Wildman–Crippen MR) is 38.7 cm³/mol. The van der Waals surface area contributed by atoms with Crippen LogP contribution in [0, 0.1) is 0 Å². The number of hydrogen-bond donors (Lipinski definition) is 0. The molecule has 0 aromatic heterocycles. The average Bonchev–Trinajstić information content (AvgIpc) is 1.91. The molecular formula is C7H11BO. The normalized spacial score (nSPS) is 19.8. The van der Waals surface area contributed by atoms with Gasteiger partial charge in [-0.2, -0.15) is 0 Å². The minimum absolute atomic E-state index is 0.676. The van der Waals surface area contributed by atoms with Crippen molar-refractivity contribution in [2.75, 3.05) is 13.2 Å². The van der Waals surface area contributed by atoms with Crippen molar-refractivity contribution in [3.63, 3.8) is 0 Å². The van der Waals surface area contributed by atoms with E-state index >= 15 is 0 Å². The Hall–Kier alpha value is -0.235. The van der Waals surface area contributed by atoms with Gasteiger partial charge in [0.05, 0.1) is 21.1 Å². The van der Waals surface area contributed by atoms with E-state index in [2.05, 4.69) is 6.08 Å². The minimum Gasteiger partial charge on any atom is -0.381 e. The first kappa shape index (κ1) is 6.88. The lowest BCUT2D eigenvalue weighted by Gasteiger charge is -2.13. The van der Waals surface area contributed by atoms with E-state index in [9.17, 15) is 0 Å². The van der Waals surface area contributed by atoms with Crippen LogP contribution < -0.4 is 0 Å². The van der Waals surface area contributed by atoms with Gasteiger partial charge < -0.3 is 4.74 Å². The van der Waals surface area contributed by atoms with Crippen LogP contribution in [0.3, 0.4) is 0 Å². The first-order chi connectivity index (χ1) is 4.43. The molecule has 0 N–H and O–H groups in total. The molecule has 1 aliphatic rings. The van der Waals surface area contributed by atoms with Crippen LogP contribution in [0.1, 0.15) is 12.8 Å². The second-order valence-corrected chi connectivity index (χ2v) is 2.21. The zero-order valence-electron chi connectivity index (χ0n) is 5.60. The Morgan fingerprint density at radius 2 is 2.11 bits per heavy atom. The summed E-state index contributed by atoms with van der Waals surface area (Å²) in [6.07, 6.45) is 4.94. The SMILES string of the molecule is [B]CC=C1CCOCC1. The molecule has 1 saturated heterocycles. The topological polar surface area (TPSA) is 9.23 Å². The van der Waals surface area contributed by atoms with E-state index in [1.165, 1.54) is 5.57 Å². The molecule has 1 nitrogen and oxygen atoms in total. The highest BCUT2D eigenvalue weighted by Gasteiger charge is 2.02. The highest BCUT2D eigenvalue weighted by molar-refractivity contribution is 6.09. The third-order valence-electron chi connectivity index (χ3n) is 1.54. The monoisotopic (exact) mass is 122 g/mol. The zero-order valence-corrected chi connectivity index (χ0v) is 5.60. The van der Waals surface area contributed by atoms with Crippen LogP contribution in [-0.4, -0.2) is 21.1 Å². The molecule has 48 valence electrons. The van der Waals surface area contributed by atoms with E-state index in [-0.39, 0.29) is 0 Å². The Morgan fingerprint density at radius 1 is 1.44 bits per heavy atom. The van der Waals surface area contributed by atoms with Gasteiger partial charge in [-0.15, -0.1) is 0 Å². The highest BCUT2D eigenvalue weighted by atomic mass is 16.5. The fourth-order valence-corrected chi connectivity index (χ4v) is 1.00. The summed E-state index contributed by atoms with van der Waals surface area (Å²) in [6, 6.07) is 0. The molecule has 0 atom stereocenters. The second kappa shape index (κ2) is 3.73. The quantitative estimate of drug-likeness (QED) is 0.376. The van der Waals surface area contributed by atoms with E-state index in [4.69, 9.17) is 12.6 Å². The van der Waals surface area contributed by atoms with Gasteiger partial charge in [-0.1, -0.05) is 18.0 Å². The third kappa shape index (κ3) is 2.23. The third-order valence-corrected chi connectivity index (χ3v) is 1.54. The summed E-state index contributed by atoms with van der Waals surface area (Å²) in [5.41, 5.74) is 1.46. The van der Waals surface area contributed by atoms with Crippen molar-refractivity contribution < 1.29 is 4.74 Å². The molecule has 9 heavy (non-hydrogen) atoms. The second-order valence-electron chi connectivity index (χ2n) is 2.21. The maximum absolute atomic E-state index is 5.34. The van der Waals surface area contributed by atoms with Gasteiger partial charge in [0, 0.05) is 0 Å². The van der Waals surface area contributed by atoms with Gasteiger partial charge in [-0.25, -0.2) is 0 Å². The number of allylic oxidation sites excluding steroid dienone is 1. The minimum atomic E-state index is 0.676. The van der Waals surface area contributed by atoms with Crippen LogP contribution in [0.2, 0.25) is 6.32 Å². The molecule has 0 unspecified atom stereocenters. The Balaban J connectivity index is 2.30. The standard InChI is InChI=1S/C7H11BO/c8-4-1-7-2-5-9-6-3-7/h1H,2-6H2. The van der Waals surface area contributed by atoms with Crippen LogP contribution >= 0.6 is 0 Å². The molecule has 1 rings (SSSR count). The van der Waals surface area contributed by atoms with Gasteiger partial charge in [-0.3, -0.25) is 0 Å². The smallest absolute Gasteiger partial charge is 0.0708 e. The maximum atomic E-state index is 5.34. The van der Waals surface area contributed by atoms with Crippen LogP contribution in [0.15, 0.2) is 11.6 Å². The molecule has 2 heteroatoms.